The van der Waals surface area contributed by atoms with Crippen LogP contribution in [-0.2, 0) is 21.4 Å². The van der Waals surface area contributed by atoms with E-state index < -0.39 is 15.9 Å². The zero-order valence-electron chi connectivity index (χ0n) is 16.2. The Hall–Kier alpha value is -3.27. The van der Waals surface area contributed by atoms with E-state index in [1.807, 2.05) is 6.07 Å². The van der Waals surface area contributed by atoms with Crippen molar-refractivity contribution < 1.29 is 27.5 Å². The number of nitrogens with one attached hydrogen (secondary N) is 2. The van der Waals surface area contributed by atoms with Gasteiger partial charge in [-0.2, -0.15) is 0 Å². The van der Waals surface area contributed by atoms with Crippen LogP contribution >= 0.6 is 0 Å². The van der Waals surface area contributed by atoms with Crippen molar-refractivity contribution in [2.24, 2.45) is 0 Å². The molecule has 154 valence electrons. The van der Waals surface area contributed by atoms with E-state index in [9.17, 15) is 18.0 Å². The first-order valence-electron chi connectivity index (χ1n) is 8.66. The summed E-state index contributed by atoms with van der Waals surface area (Å²) in [7, 11) is -2.00. The lowest BCUT2D eigenvalue weighted by atomic mass is 10.1. The Labute approximate surface area is 168 Å². The minimum Gasteiger partial charge on any atom is -0.454 e. The Morgan fingerprint density at radius 1 is 1.10 bits per heavy atom. The van der Waals surface area contributed by atoms with Gasteiger partial charge in [-0.15, -0.1) is 0 Å². The summed E-state index contributed by atoms with van der Waals surface area (Å²) in [6.07, 6.45) is 0.999. The predicted octanol–water partition coefficient (Wildman–Crippen LogP) is 2.02. The topological polar surface area (TPSA) is 114 Å². The normalized spacial score (nSPS) is 12.4. The maximum Gasteiger partial charge on any atom is 0.256 e. The molecule has 0 radical (unpaired) electrons. The molecular weight excluding hydrogens is 398 g/mol. The van der Waals surface area contributed by atoms with E-state index in [1.165, 1.54) is 30.0 Å². The number of ether oxygens (including phenoxy) is 2. The first kappa shape index (κ1) is 20.5. The summed E-state index contributed by atoms with van der Waals surface area (Å²) in [4.78, 5) is 25.8. The van der Waals surface area contributed by atoms with Crippen LogP contribution in [0.5, 0.6) is 11.5 Å². The second-order valence-corrected chi connectivity index (χ2v) is 8.41. The molecule has 3 rings (SSSR count). The maximum atomic E-state index is 13.0. The number of hydrogen-bond acceptors (Lipinski definition) is 6. The van der Waals surface area contributed by atoms with Crippen LogP contribution in [0, 0.1) is 0 Å². The molecule has 0 aromatic heterocycles. The first-order valence-corrected chi connectivity index (χ1v) is 10.5. The van der Waals surface area contributed by atoms with E-state index in [2.05, 4.69) is 10.0 Å². The molecule has 1 aliphatic heterocycles. The van der Waals surface area contributed by atoms with E-state index >= 15 is 0 Å². The summed E-state index contributed by atoms with van der Waals surface area (Å²) < 4.78 is 36.3. The summed E-state index contributed by atoms with van der Waals surface area (Å²) in [5, 5.41) is 2.59. The zero-order valence-corrected chi connectivity index (χ0v) is 17.0. The molecule has 0 fully saturated rings. The monoisotopic (exact) mass is 419 g/mol. The lowest BCUT2D eigenvalue weighted by Gasteiger charge is -2.20. The van der Waals surface area contributed by atoms with Crippen LogP contribution < -0.4 is 19.5 Å². The van der Waals surface area contributed by atoms with Crippen LogP contribution in [0.15, 0.2) is 36.4 Å². The summed E-state index contributed by atoms with van der Waals surface area (Å²) in [5.41, 5.74) is 1.45. The van der Waals surface area contributed by atoms with Gasteiger partial charge in [0.25, 0.3) is 5.91 Å². The van der Waals surface area contributed by atoms with Crippen molar-refractivity contribution in [1.29, 1.82) is 0 Å². The van der Waals surface area contributed by atoms with Gasteiger partial charge in [0.1, 0.15) is 0 Å². The van der Waals surface area contributed by atoms with Gasteiger partial charge in [-0.3, -0.25) is 14.3 Å². The van der Waals surface area contributed by atoms with Crippen molar-refractivity contribution in [3.05, 3.63) is 47.5 Å². The SMILES string of the molecule is CC(=O)Nc1ccc(NS(C)(=O)=O)c(C(=O)N(C)Cc2ccc3c(c2)OCO3)c1. The molecule has 0 unspecified atom stereocenters. The van der Waals surface area contributed by atoms with E-state index in [1.54, 1.807) is 19.2 Å². The van der Waals surface area contributed by atoms with E-state index in [0.717, 1.165) is 11.8 Å². The fourth-order valence-corrected chi connectivity index (χ4v) is 3.46. The molecule has 0 saturated carbocycles. The Morgan fingerprint density at radius 3 is 2.52 bits per heavy atom. The van der Waals surface area contributed by atoms with E-state index in [4.69, 9.17) is 9.47 Å². The molecule has 9 nitrogen and oxygen atoms in total. The second-order valence-electron chi connectivity index (χ2n) is 6.66. The van der Waals surface area contributed by atoms with Crippen LogP contribution in [0.2, 0.25) is 0 Å². The third-order valence-electron chi connectivity index (χ3n) is 4.07. The van der Waals surface area contributed by atoms with Crippen LogP contribution in [0.1, 0.15) is 22.8 Å². The Bertz CT molecular complexity index is 1070. The number of rotatable bonds is 6. The number of sulfonamides is 1. The Morgan fingerprint density at radius 2 is 1.83 bits per heavy atom. The number of carbonyl (C=O) groups is 2. The number of anilines is 2. The molecule has 2 aromatic rings. The molecule has 0 spiro atoms. The van der Waals surface area contributed by atoms with Gasteiger partial charge in [0.05, 0.1) is 17.5 Å². The second kappa shape index (κ2) is 8.00. The van der Waals surface area contributed by atoms with Gasteiger partial charge in [-0.25, -0.2) is 8.42 Å². The molecule has 2 amide bonds. The number of nitrogens with zero attached hydrogens (tertiary/aromatic N) is 1. The van der Waals surface area contributed by atoms with E-state index in [-0.39, 0.29) is 30.5 Å². The average Bonchev–Trinajstić information content (AvgIpc) is 3.08. The molecule has 1 aliphatic rings. The molecule has 29 heavy (non-hydrogen) atoms. The zero-order chi connectivity index (χ0) is 21.2. The van der Waals surface area contributed by atoms with Crippen molar-refractivity contribution >= 4 is 33.2 Å². The Kier molecular flexibility index (Phi) is 5.64. The largest absolute Gasteiger partial charge is 0.454 e. The highest BCUT2D eigenvalue weighted by Gasteiger charge is 2.20. The van der Waals surface area contributed by atoms with Gasteiger partial charge < -0.3 is 19.7 Å². The molecule has 0 saturated heterocycles. The summed E-state index contributed by atoms with van der Waals surface area (Å²) >= 11 is 0. The smallest absolute Gasteiger partial charge is 0.256 e. The van der Waals surface area contributed by atoms with Crippen LogP contribution in [0.4, 0.5) is 11.4 Å². The Balaban J connectivity index is 1.87. The van der Waals surface area contributed by atoms with Crippen molar-refractivity contribution in [3.63, 3.8) is 0 Å². The average molecular weight is 419 g/mol. The molecule has 2 aromatic carbocycles. The predicted molar refractivity (Wildman–Crippen MR) is 108 cm³/mol. The van der Waals surface area contributed by atoms with Gasteiger partial charge in [0.15, 0.2) is 11.5 Å². The number of benzene rings is 2. The molecule has 10 heteroatoms. The highest BCUT2D eigenvalue weighted by Crippen LogP contribution is 2.33. The van der Waals surface area contributed by atoms with E-state index in [0.29, 0.717) is 17.2 Å². The standard InChI is InChI=1S/C19H21N3O6S/c1-12(23)20-14-5-6-16(21-29(3,25)26)15(9-14)19(24)22(2)10-13-4-7-17-18(8-13)28-11-27-17/h4-9,21H,10-11H2,1-3H3,(H,20,23). The van der Waals surface area contributed by atoms with Crippen molar-refractivity contribution in [1.82, 2.24) is 4.90 Å². The lowest BCUT2D eigenvalue weighted by molar-refractivity contribution is -0.114. The lowest BCUT2D eigenvalue weighted by Crippen LogP contribution is -2.27. The fraction of sp³-hybridized carbons (Fsp3) is 0.263. The number of carbonyl (C=O) groups excluding carboxylic acids is 2. The van der Waals surface area contributed by atoms with Crippen molar-refractivity contribution in [2.45, 2.75) is 13.5 Å². The number of fused-ring (bicyclic) bond motifs is 1. The van der Waals surface area contributed by atoms with Gasteiger partial charge >= 0.3 is 0 Å². The summed E-state index contributed by atoms with van der Waals surface area (Å²) in [6, 6.07) is 9.77. The maximum absolute atomic E-state index is 13.0. The minimum absolute atomic E-state index is 0.116. The van der Waals surface area contributed by atoms with Crippen LogP contribution in [0.25, 0.3) is 0 Å². The summed E-state index contributed by atoms with van der Waals surface area (Å²) in [5.74, 6) is 0.530. The van der Waals surface area contributed by atoms with Gasteiger partial charge in [-0.1, -0.05) is 6.07 Å². The van der Waals surface area contributed by atoms with Crippen LogP contribution in [0.3, 0.4) is 0 Å². The van der Waals surface area contributed by atoms with Crippen molar-refractivity contribution in [2.75, 3.05) is 30.1 Å². The van der Waals surface area contributed by atoms with Gasteiger partial charge in [0, 0.05) is 26.2 Å². The van der Waals surface area contributed by atoms with Gasteiger partial charge in [0.2, 0.25) is 22.7 Å². The molecule has 1 heterocycles. The molecule has 2 N–H and O–H groups in total. The molecule has 0 atom stereocenters. The highest BCUT2D eigenvalue weighted by atomic mass is 32.2. The number of hydrogen-bond donors (Lipinski definition) is 2. The number of amides is 2. The molecular formula is C19H21N3O6S. The first-order chi connectivity index (χ1) is 13.6. The van der Waals surface area contributed by atoms with Crippen molar-refractivity contribution in [3.8, 4) is 11.5 Å². The quantitative estimate of drug-likeness (QED) is 0.740. The summed E-state index contributed by atoms with van der Waals surface area (Å²) in [6.45, 7) is 1.76. The molecule has 0 bridgehead atoms. The molecule has 0 aliphatic carbocycles. The third-order valence-corrected chi connectivity index (χ3v) is 4.66. The fourth-order valence-electron chi connectivity index (χ4n) is 2.88. The minimum atomic E-state index is -3.60. The third kappa shape index (κ3) is 5.17. The van der Waals surface area contributed by atoms with Crippen LogP contribution in [-0.4, -0.2) is 45.2 Å². The highest BCUT2D eigenvalue weighted by molar-refractivity contribution is 7.92. The van der Waals surface area contributed by atoms with Gasteiger partial charge in [-0.05, 0) is 35.9 Å².